The minimum atomic E-state index is -3.08. The third kappa shape index (κ3) is 3.19. The number of hydrogen-bond donors (Lipinski definition) is 1. The molecule has 1 N–H and O–H groups in total. The molecule has 1 aromatic heterocycles. The highest BCUT2D eigenvalue weighted by atomic mass is 32.2. The SMILES string of the molecule is CCN(C(=O)NC(=O)c1ccco1)C1CCS(=O)(=O)C1. The van der Waals surface area contributed by atoms with Crippen molar-refractivity contribution in [1.82, 2.24) is 10.2 Å². The second-order valence-electron chi connectivity index (χ2n) is 4.58. The van der Waals surface area contributed by atoms with Crippen molar-refractivity contribution < 1.29 is 22.4 Å². The predicted molar refractivity (Wildman–Crippen MR) is 71.0 cm³/mol. The standard InChI is InChI=1S/C12H16N2O5S/c1-2-14(9-5-7-20(17,18)8-9)12(16)13-11(15)10-4-3-6-19-10/h3-4,6,9H,2,5,7-8H2,1H3,(H,13,15,16). The van der Waals surface area contributed by atoms with Gasteiger partial charge in [0.1, 0.15) is 0 Å². The maximum Gasteiger partial charge on any atom is 0.324 e. The van der Waals surface area contributed by atoms with E-state index in [1.165, 1.54) is 17.2 Å². The van der Waals surface area contributed by atoms with Gasteiger partial charge < -0.3 is 9.32 Å². The van der Waals surface area contributed by atoms with E-state index in [1.807, 2.05) is 0 Å². The summed E-state index contributed by atoms with van der Waals surface area (Å²) in [5.41, 5.74) is 0. The zero-order chi connectivity index (χ0) is 14.8. The quantitative estimate of drug-likeness (QED) is 0.883. The molecule has 1 saturated heterocycles. The van der Waals surface area contributed by atoms with Crippen molar-refractivity contribution in [3.05, 3.63) is 24.2 Å². The number of carbonyl (C=O) groups excluding carboxylic acids is 2. The number of carbonyl (C=O) groups is 2. The molecule has 2 rings (SSSR count). The summed E-state index contributed by atoms with van der Waals surface area (Å²) in [6.45, 7) is 2.07. The molecule has 0 saturated carbocycles. The van der Waals surface area contributed by atoms with Crippen LogP contribution in [0.3, 0.4) is 0 Å². The Labute approximate surface area is 116 Å². The van der Waals surface area contributed by atoms with Crippen molar-refractivity contribution in [2.24, 2.45) is 0 Å². The highest BCUT2D eigenvalue weighted by Crippen LogP contribution is 2.17. The monoisotopic (exact) mass is 300 g/mol. The first-order valence-electron chi connectivity index (χ1n) is 6.29. The molecule has 7 nitrogen and oxygen atoms in total. The molecule has 1 aromatic rings. The fraction of sp³-hybridized carbons (Fsp3) is 0.500. The summed E-state index contributed by atoms with van der Waals surface area (Å²) in [7, 11) is -3.08. The van der Waals surface area contributed by atoms with Crippen molar-refractivity contribution in [2.75, 3.05) is 18.1 Å². The Bertz CT molecular complexity index is 593. The fourth-order valence-electron chi connectivity index (χ4n) is 2.23. The van der Waals surface area contributed by atoms with Gasteiger partial charge in [0.2, 0.25) is 0 Å². The van der Waals surface area contributed by atoms with Crippen molar-refractivity contribution in [3.63, 3.8) is 0 Å². The Kier molecular flexibility index (Phi) is 4.12. The van der Waals surface area contributed by atoms with Crippen molar-refractivity contribution in [3.8, 4) is 0 Å². The minimum Gasteiger partial charge on any atom is -0.459 e. The van der Waals surface area contributed by atoms with E-state index < -0.39 is 21.8 Å². The molecule has 110 valence electrons. The maximum absolute atomic E-state index is 12.0. The summed E-state index contributed by atoms with van der Waals surface area (Å²) in [6.07, 6.45) is 1.74. The Morgan fingerprint density at radius 3 is 2.75 bits per heavy atom. The molecule has 0 aliphatic carbocycles. The molecule has 20 heavy (non-hydrogen) atoms. The summed E-state index contributed by atoms with van der Waals surface area (Å²) in [5.74, 6) is -0.579. The van der Waals surface area contributed by atoms with Gasteiger partial charge in [-0.3, -0.25) is 10.1 Å². The first kappa shape index (κ1) is 14.6. The number of furan rings is 1. The summed E-state index contributed by atoms with van der Waals surface area (Å²) < 4.78 is 27.8. The van der Waals surface area contributed by atoms with Crippen LogP contribution in [0, 0.1) is 0 Å². The molecule has 0 aromatic carbocycles. The van der Waals surface area contributed by atoms with E-state index in [1.54, 1.807) is 13.0 Å². The molecule has 1 aliphatic rings. The lowest BCUT2D eigenvalue weighted by atomic mass is 10.2. The van der Waals surface area contributed by atoms with Crippen LogP contribution in [-0.4, -0.2) is 49.3 Å². The van der Waals surface area contributed by atoms with Gasteiger partial charge in [-0.25, -0.2) is 13.2 Å². The van der Waals surface area contributed by atoms with Crippen LogP contribution in [0.1, 0.15) is 23.9 Å². The average molecular weight is 300 g/mol. The predicted octanol–water partition coefficient (Wildman–Crippen LogP) is 0.638. The normalized spacial score (nSPS) is 20.6. The van der Waals surface area contributed by atoms with E-state index in [9.17, 15) is 18.0 Å². The van der Waals surface area contributed by atoms with Crippen LogP contribution in [0.2, 0.25) is 0 Å². The number of imide groups is 1. The largest absolute Gasteiger partial charge is 0.459 e. The number of amides is 3. The number of nitrogens with one attached hydrogen (secondary N) is 1. The zero-order valence-electron chi connectivity index (χ0n) is 11.0. The lowest BCUT2D eigenvalue weighted by Crippen LogP contribution is -2.48. The third-order valence-electron chi connectivity index (χ3n) is 3.22. The molecule has 1 unspecified atom stereocenters. The first-order valence-corrected chi connectivity index (χ1v) is 8.11. The van der Waals surface area contributed by atoms with Gasteiger partial charge in [-0.15, -0.1) is 0 Å². The molecule has 8 heteroatoms. The molecule has 1 atom stereocenters. The first-order chi connectivity index (χ1) is 9.43. The van der Waals surface area contributed by atoms with Crippen LogP contribution in [0.4, 0.5) is 4.79 Å². The van der Waals surface area contributed by atoms with Gasteiger partial charge in [-0.2, -0.15) is 0 Å². The number of sulfone groups is 1. The highest BCUT2D eigenvalue weighted by molar-refractivity contribution is 7.91. The second kappa shape index (κ2) is 5.66. The van der Waals surface area contributed by atoms with Crippen molar-refractivity contribution in [2.45, 2.75) is 19.4 Å². The van der Waals surface area contributed by atoms with E-state index in [-0.39, 0.29) is 23.3 Å². The maximum atomic E-state index is 12.0. The van der Waals surface area contributed by atoms with Gasteiger partial charge in [0.25, 0.3) is 5.91 Å². The van der Waals surface area contributed by atoms with Crippen molar-refractivity contribution >= 4 is 21.8 Å². The Morgan fingerprint density at radius 1 is 1.50 bits per heavy atom. The average Bonchev–Trinajstić information content (AvgIpc) is 2.99. The summed E-state index contributed by atoms with van der Waals surface area (Å²) in [4.78, 5) is 25.1. The molecule has 0 bridgehead atoms. The van der Waals surface area contributed by atoms with Crippen molar-refractivity contribution in [1.29, 1.82) is 0 Å². The Balaban J connectivity index is 2.01. The molecular weight excluding hydrogens is 284 g/mol. The Hall–Kier alpha value is -1.83. The lowest BCUT2D eigenvalue weighted by molar-refractivity contribution is 0.0920. The number of rotatable bonds is 3. The molecule has 2 heterocycles. The lowest BCUT2D eigenvalue weighted by Gasteiger charge is -2.26. The van der Waals surface area contributed by atoms with Crippen LogP contribution in [0.15, 0.2) is 22.8 Å². The minimum absolute atomic E-state index is 0.0356. The molecule has 3 amide bonds. The van der Waals surface area contributed by atoms with Gasteiger partial charge in [0, 0.05) is 12.6 Å². The fourth-order valence-corrected chi connectivity index (χ4v) is 3.96. The summed E-state index contributed by atoms with van der Waals surface area (Å²) in [5, 5.41) is 2.20. The van der Waals surface area contributed by atoms with Crippen LogP contribution >= 0.6 is 0 Å². The van der Waals surface area contributed by atoms with Gasteiger partial charge in [0.15, 0.2) is 15.6 Å². The third-order valence-corrected chi connectivity index (χ3v) is 4.97. The van der Waals surface area contributed by atoms with Gasteiger partial charge in [-0.1, -0.05) is 0 Å². The molecule has 0 radical (unpaired) electrons. The second-order valence-corrected chi connectivity index (χ2v) is 6.81. The summed E-state index contributed by atoms with van der Waals surface area (Å²) in [6, 6.07) is 2.00. The van der Waals surface area contributed by atoms with Crippen LogP contribution in [0.5, 0.6) is 0 Å². The highest BCUT2D eigenvalue weighted by Gasteiger charge is 2.34. The summed E-state index contributed by atoms with van der Waals surface area (Å²) >= 11 is 0. The van der Waals surface area contributed by atoms with Crippen LogP contribution in [0.25, 0.3) is 0 Å². The Morgan fingerprint density at radius 2 is 2.25 bits per heavy atom. The zero-order valence-corrected chi connectivity index (χ0v) is 11.9. The number of nitrogens with zero attached hydrogens (tertiary/aromatic N) is 1. The molecule has 1 aliphatic heterocycles. The van der Waals surface area contributed by atoms with Crippen LogP contribution < -0.4 is 5.32 Å². The topological polar surface area (TPSA) is 96.7 Å². The van der Waals surface area contributed by atoms with Gasteiger partial charge >= 0.3 is 6.03 Å². The van der Waals surface area contributed by atoms with E-state index in [4.69, 9.17) is 4.42 Å². The smallest absolute Gasteiger partial charge is 0.324 e. The molecule has 1 fully saturated rings. The number of urea groups is 1. The molecular formula is C12H16N2O5S. The van der Waals surface area contributed by atoms with E-state index >= 15 is 0 Å². The number of hydrogen-bond acceptors (Lipinski definition) is 5. The van der Waals surface area contributed by atoms with Crippen LogP contribution in [-0.2, 0) is 9.84 Å². The molecule has 0 spiro atoms. The van der Waals surface area contributed by atoms with E-state index in [0.717, 1.165) is 0 Å². The van der Waals surface area contributed by atoms with E-state index in [0.29, 0.717) is 13.0 Å². The van der Waals surface area contributed by atoms with Gasteiger partial charge in [-0.05, 0) is 25.5 Å². The van der Waals surface area contributed by atoms with E-state index in [2.05, 4.69) is 5.32 Å². The van der Waals surface area contributed by atoms with Gasteiger partial charge in [0.05, 0.1) is 17.8 Å².